The number of rotatable bonds is 1. The Balaban J connectivity index is 2.87. The monoisotopic (exact) mass is 225 g/mol. The van der Waals surface area contributed by atoms with Crippen molar-refractivity contribution < 1.29 is 8.76 Å². The van der Waals surface area contributed by atoms with Gasteiger partial charge in [-0.2, -0.15) is 0 Å². The van der Waals surface area contributed by atoms with Crippen molar-refractivity contribution in [2.45, 2.75) is 4.90 Å². The smallest absolute Gasteiger partial charge is 0.0424 e. The molecule has 0 heterocycles. The highest BCUT2D eigenvalue weighted by atomic mass is 35.5. The van der Waals surface area contributed by atoms with E-state index in [1.807, 2.05) is 12.1 Å². The van der Waals surface area contributed by atoms with Crippen LogP contribution in [0.25, 0.3) is 10.8 Å². The van der Waals surface area contributed by atoms with Gasteiger partial charge in [0.25, 0.3) is 0 Å². The van der Waals surface area contributed by atoms with Crippen molar-refractivity contribution in [1.29, 1.82) is 0 Å². The van der Waals surface area contributed by atoms with E-state index in [4.69, 9.17) is 11.6 Å². The number of halogens is 1. The third-order valence-corrected chi connectivity index (χ3v) is 2.88. The highest BCUT2D eigenvalue weighted by molar-refractivity contribution is 7.79. The van der Waals surface area contributed by atoms with Gasteiger partial charge in [0.2, 0.25) is 0 Å². The standard InChI is InChI=1S/C10H7ClO2S/c11-8-5-7-3-1-2-4-9(7)10(6-8)14(12)13/h1-6H,(H,12,13)/p-1. The molecule has 0 saturated heterocycles. The molecule has 2 aromatic carbocycles. The summed E-state index contributed by atoms with van der Waals surface area (Å²) in [5, 5.41) is 1.97. The Morgan fingerprint density at radius 2 is 1.93 bits per heavy atom. The van der Waals surface area contributed by atoms with Crippen LogP contribution in [0.5, 0.6) is 0 Å². The molecule has 2 nitrogen and oxygen atoms in total. The molecule has 72 valence electrons. The first-order valence-corrected chi connectivity index (χ1v) is 5.41. The fourth-order valence-corrected chi connectivity index (χ4v) is 2.26. The molecule has 0 N–H and O–H groups in total. The van der Waals surface area contributed by atoms with E-state index in [2.05, 4.69) is 0 Å². The van der Waals surface area contributed by atoms with Crippen LogP contribution in [0.3, 0.4) is 0 Å². The van der Waals surface area contributed by atoms with E-state index in [1.54, 1.807) is 18.2 Å². The maximum atomic E-state index is 10.9. The summed E-state index contributed by atoms with van der Waals surface area (Å²) in [6, 6.07) is 10.4. The second kappa shape index (κ2) is 3.69. The molecule has 0 aliphatic carbocycles. The van der Waals surface area contributed by atoms with Crippen LogP contribution >= 0.6 is 11.6 Å². The summed E-state index contributed by atoms with van der Waals surface area (Å²) in [6.45, 7) is 0. The Hall–Kier alpha value is -0.900. The van der Waals surface area contributed by atoms with Crippen molar-refractivity contribution in [3.63, 3.8) is 0 Å². The summed E-state index contributed by atoms with van der Waals surface area (Å²) in [5.74, 6) is 0. The maximum absolute atomic E-state index is 10.9. The van der Waals surface area contributed by atoms with Crippen LogP contribution in [0.15, 0.2) is 41.3 Å². The van der Waals surface area contributed by atoms with Crippen LogP contribution in [0, 0.1) is 0 Å². The molecular weight excluding hydrogens is 220 g/mol. The topological polar surface area (TPSA) is 40.1 Å². The number of fused-ring (bicyclic) bond motifs is 1. The van der Waals surface area contributed by atoms with Gasteiger partial charge in [-0.3, -0.25) is 4.21 Å². The van der Waals surface area contributed by atoms with Gasteiger partial charge in [0.15, 0.2) is 0 Å². The first kappa shape index (κ1) is 9.65. The summed E-state index contributed by atoms with van der Waals surface area (Å²) >= 11 is 3.55. The lowest BCUT2D eigenvalue weighted by Crippen LogP contribution is -1.90. The van der Waals surface area contributed by atoms with Gasteiger partial charge in [0, 0.05) is 9.92 Å². The predicted molar refractivity (Wildman–Crippen MR) is 56.1 cm³/mol. The molecule has 0 aromatic heterocycles. The highest BCUT2D eigenvalue weighted by Gasteiger charge is 2.02. The maximum Gasteiger partial charge on any atom is 0.0424 e. The Morgan fingerprint density at radius 1 is 1.21 bits per heavy atom. The van der Waals surface area contributed by atoms with Gasteiger partial charge in [-0.15, -0.1) is 0 Å². The SMILES string of the molecule is O=S([O-])c1cc(Cl)cc2ccccc12. The van der Waals surface area contributed by atoms with Crippen LogP contribution in [0.4, 0.5) is 0 Å². The second-order valence-corrected chi connectivity index (χ2v) is 4.21. The van der Waals surface area contributed by atoms with E-state index in [9.17, 15) is 8.76 Å². The number of benzene rings is 2. The van der Waals surface area contributed by atoms with Crippen LogP contribution < -0.4 is 0 Å². The molecule has 0 aliphatic rings. The molecule has 0 amide bonds. The predicted octanol–water partition coefficient (Wildman–Crippen LogP) is 2.73. The molecule has 0 bridgehead atoms. The van der Waals surface area contributed by atoms with Crippen LogP contribution in [0.2, 0.25) is 5.02 Å². The molecule has 14 heavy (non-hydrogen) atoms. The molecule has 0 radical (unpaired) electrons. The van der Waals surface area contributed by atoms with E-state index in [1.165, 1.54) is 6.07 Å². The molecule has 1 unspecified atom stereocenters. The van der Waals surface area contributed by atoms with E-state index >= 15 is 0 Å². The zero-order chi connectivity index (χ0) is 10.1. The summed E-state index contributed by atoms with van der Waals surface area (Å²) in [6.07, 6.45) is 0. The summed E-state index contributed by atoms with van der Waals surface area (Å²) in [5.41, 5.74) is 0. The fraction of sp³-hybridized carbons (Fsp3) is 0. The molecule has 2 aromatic rings. The van der Waals surface area contributed by atoms with Gasteiger partial charge in [0.05, 0.1) is 0 Å². The first-order valence-electron chi connectivity index (χ1n) is 3.96. The Bertz CT molecular complexity index is 510. The Labute approximate surface area is 88.8 Å². The van der Waals surface area contributed by atoms with E-state index in [0.29, 0.717) is 10.4 Å². The summed E-state index contributed by atoms with van der Waals surface area (Å²) < 4.78 is 21.8. The van der Waals surface area contributed by atoms with Crippen molar-refractivity contribution >= 4 is 33.5 Å². The number of hydrogen-bond donors (Lipinski definition) is 0. The van der Waals surface area contributed by atoms with Gasteiger partial charge in [-0.1, -0.05) is 35.9 Å². The molecule has 4 heteroatoms. The van der Waals surface area contributed by atoms with Crippen molar-refractivity contribution in [3.8, 4) is 0 Å². The van der Waals surface area contributed by atoms with E-state index < -0.39 is 11.1 Å². The van der Waals surface area contributed by atoms with Gasteiger partial charge < -0.3 is 4.55 Å². The molecule has 0 fully saturated rings. The zero-order valence-electron chi connectivity index (χ0n) is 7.07. The van der Waals surface area contributed by atoms with Gasteiger partial charge in [0.1, 0.15) is 0 Å². The summed E-state index contributed by atoms with van der Waals surface area (Å²) in [4.78, 5) is 0.244. The third kappa shape index (κ3) is 1.66. The lowest BCUT2D eigenvalue weighted by molar-refractivity contribution is 0.538. The minimum Gasteiger partial charge on any atom is -0.768 e. The van der Waals surface area contributed by atoms with Crippen LogP contribution in [-0.4, -0.2) is 8.76 Å². The fourth-order valence-electron chi connectivity index (χ4n) is 1.38. The lowest BCUT2D eigenvalue weighted by Gasteiger charge is -2.09. The molecule has 0 saturated carbocycles. The summed E-state index contributed by atoms with van der Waals surface area (Å²) in [7, 11) is 0. The molecule has 1 atom stereocenters. The third-order valence-electron chi connectivity index (χ3n) is 1.97. The van der Waals surface area contributed by atoms with Gasteiger partial charge >= 0.3 is 0 Å². The minimum atomic E-state index is -2.25. The highest BCUT2D eigenvalue weighted by Crippen LogP contribution is 2.25. The second-order valence-electron chi connectivity index (χ2n) is 2.86. The normalized spacial score (nSPS) is 13.0. The van der Waals surface area contributed by atoms with Crippen LogP contribution in [0.1, 0.15) is 0 Å². The zero-order valence-corrected chi connectivity index (χ0v) is 8.64. The van der Waals surface area contributed by atoms with Crippen molar-refractivity contribution in [2.75, 3.05) is 0 Å². The largest absolute Gasteiger partial charge is 0.768 e. The van der Waals surface area contributed by atoms with Crippen molar-refractivity contribution in [3.05, 3.63) is 41.4 Å². The van der Waals surface area contributed by atoms with Crippen LogP contribution in [-0.2, 0) is 11.1 Å². The quantitative estimate of drug-likeness (QED) is 0.701. The average Bonchev–Trinajstić information content (AvgIpc) is 2.16. The average molecular weight is 226 g/mol. The molecule has 0 aliphatic heterocycles. The minimum absolute atomic E-state index is 0.244. The van der Waals surface area contributed by atoms with Crippen molar-refractivity contribution in [2.24, 2.45) is 0 Å². The number of hydrogen-bond acceptors (Lipinski definition) is 2. The lowest BCUT2D eigenvalue weighted by atomic mass is 10.1. The van der Waals surface area contributed by atoms with E-state index in [-0.39, 0.29) is 4.90 Å². The molecular formula is C10H6ClO2S-. The molecule has 0 spiro atoms. The Morgan fingerprint density at radius 3 is 2.64 bits per heavy atom. The Kier molecular flexibility index (Phi) is 2.54. The molecule has 2 rings (SSSR count). The first-order chi connectivity index (χ1) is 6.68. The van der Waals surface area contributed by atoms with Crippen molar-refractivity contribution in [1.82, 2.24) is 0 Å². The van der Waals surface area contributed by atoms with Gasteiger partial charge in [-0.25, -0.2) is 0 Å². The van der Waals surface area contributed by atoms with E-state index in [0.717, 1.165) is 5.39 Å². The van der Waals surface area contributed by atoms with Gasteiger partial charge in [-0.05, 0) is 34.0 Å².